The van der Waals surface area contributed by atoms with Crippen molar-refractivity contribution in [1.82, 2.24) is 4.90 Å². The van der Waals surface area contributed by atoms with Gasteiger partial charge in [0.15, 0.2) is 0 Å². The normalized spacial score (nSPS) is 16.2. The highest BCUT2D eigenvalue weighted by molar-refractivity contribution is 5.32. The molecule has 0 bridgehead atoms. The highest BCUT2D eigenvalue weighted by Gasteiger charge is 2.37. The summed E-state index contributed by atoms with van der Waals surface area (Å²) >= 11 is 0. The lowest BCUT2D eigenvalue weighted by Crippen LogP contribution is -2.47. The summed E-state index contributed by atoms with van der Waals surface area (Å²) in [6, 6.07) is 24.1. The van der Waals surface area contributed by atoms with E-state index < -0.39 is 0 Å². The van der Waals surface area contributed by atoms with Crippen LogP contribution in [0.4, 0.5) is 4.39 Å². The number of rotatable bonds is 11. The van der Waals surface area contributed by atoms with Crippen molar-refractivity contribution in [2.75, 3.05) is 13.6 Å². The van der Waals surface area contributed by atoms with Gasteiger partial charge in [-0.25, -0.2) is 4.39 Å². The molecule has 1 aliphatic carbocycles. The van der Waals surface area contributed by atoms with E-state index in [-0.39, 0.29) is 17.4 Å². The molecule has 3 aromatic rings. The predicted molar refractivity (Wildman–Crippen MR) is 151 cm³/mol. The Hall–Kier alpha value is -2.69. The van der Waals surface area contributed by atoms with Crippen LogP contribution in [-0.4, -0.2) is 24.5 Å². The molecular weight excluding hydrogens is 459 g/mol. The molecule has 1 atom stereocenters. The maximum atomic E-state index is 14.4. The van der Waals surface area contributed by atoms with E-state index >= 15 is 0 Å². The maximum Gasteiger partial charge on any atom is 0.127 e. The maximum absolute atomic E-state index is 14.4. The zero-order valence-electron chi connectivity index (χ0n) is 22.8. The fraction of sp³-hybridized carbons (Fsp3) is 0.455. The fourth-order valence-corrected chi connectivity index (χ4v) is 5.76. The van der Waals surface area contributed by atoms with Gasteiger partial charge in [0.1, 0.15) is 18.2 Å². The molecule has 1 aliphatic rings. The van der Waals surface area contributed by atoms with Crippen LogP contribution in [0.3, 0.4) is 0 Å². The molecule has 0 unspecified atom stereocenters. The zero-order valence-corrected chi connectivity index (χ0v) is 22.8. The lowest BCUT2D eigenvalue weighted by molar-refractivity contribution is 0.0696. The molecule has 0 spiro atoms. The highest BCUT2D eigenvalue weighted by Crippen LogP contribution is 2.42. The molecule has 4 heteroatoms. The van der Waals surface area contributed by atoms with Crippen LogP contribution in [0, 0.1) is 5.82 Å². The summed E-state index contributed by atoms with van der Waals surface area (Å²) in [5, 5.41) is 0. The standard InChI is InChI=1S/C33H43FN2O/c1-25(2)28-13-10-14-29(22-28)33(16-8-5-9-17-33)36(3)18-15-31(35)20-27-19-30(34)23-32(21-27)37-24-26-11-6-4-7-12-26/h4,6-7,10-14,19,21-23,25,31H,5,8-9,15-18,20,24,35H2,1-3H3/t31-/m1/s1. The topological polar surface area (TPSA) is 38.5 Å². The lowest BCUT2D eigenvalue weighted by Gasteiger charge is -2.46. The Morgan fingerprint density at radius 1 is 0.919 bits per heavy atom. The van der Waals surface area contributed by atoms with E-state index in [0.29, 0.717) is 24.7 Å². The van der Waals surface area contributed by atoms with E-state index in [9.17, 15) is 4.39 Å². The number of nitrogens with zero attached hydrogens (tertiary/aromatic N) is 1. The molecular formula is C33H43FN2O. The molecule has 3 nitrogen and oxygen atoms in total. The van der Waals surface area contributed by atoms with Crippen molar-refractivity contribution in [3.8, 4) is 5.75 Å². The molecule has 198 valence electrons. The first-order chi connectivity index (χ1) is 17.9. The number of hydrogen-bond acceptors (Lipinski definition) is 3. The van der Waals surface area contributed by atoms with Gasteiger partial charge in [-0.3, -0.25) is 4.90 Å². The molecule has 0 radical (unpaired) electrons. The molecule has 0 aliphatic heterocycles. The van der Waals surface area contributed by atoms with E-state index in [1.54, 1.807) is 6.07 Å². The summed E-state index contributed by atoms with van der Waals surface area (Å²) in [5.74, 6) is 0.789. The van der Waals surface area contributed by atoms with E-state index in [2.05, 4.69) is 50.1 Å². The highest BCUT2D eigenvalue weighted by atomic mass is 19.1. The molecule has 0 amide bonds. The third kappa shape index (κ3) is 7.21. The van der Waals surface area contributed by atoms with Gasteiger partial charge in [0.05, 0.1) is 0 Å². The largest absolute Gasteiger partial charge is 0.489 e. The van der Waals surface area contributed by atoms with Crippen molar-refractivity contribution in [2.24, 2.45) is 5.73 Å². The number of benzene rings is 3. The summed E-state index contributed by atoms with van der Waals surface area (Å²) < 4.78 is 20.2. The summed E-state index contributed by atoms with van der Waals surface area (Å²) in [6.07, 6.45) is 7.70. The third-order valence-corrected chi connectivity index (χ3v) is 8.01. The predicted octanol–water partition coefficient (Wildman–Crippen LogP) is 7.58. The van der Waals surface area contributed by atoms with Crippen molar-refractivity contribution in [3.63, 3.8) is 0 Å². The van der Waals surface area contributed by atoms with Crippen molar-refractivity contribution in [3.05, 3.63) is 101 Å². The van der Waals surface area contributed by atoms with Gasteiger partial charge in [-0.05, 0) is 73.0 Å². The Bertz CT molecular complexity index is 1120. The Kier molecular flexibility index (Phi) is 9.39. The first-order valence-electron chi connectivity index (χ1n) is 13.9. The van der Waals surface area contributed by atoms with Crippen LogP contribution in [0.2, 0.25) is 0 Å². The van der Waals surface area contributed by atoms with Gasteiger partial charge in [-0.2, -0.15) is 0 Å². The molecule has 0 aromatic heterocycles. The van der Waals surface area contributed by atoms with Gasteiger partial charge in [-0.15, -0.1) is 0 Å². The summed E-state index contributed by atoms with van der Waals surface area (Å²) in [4.78, 5) is 2.55. The van der Waals surface area contributed by atoms with Gasteiger partial charge in [0.2, 0.25) is 0 Å². The van der Waals surface area contributed by atoms with Crippen LogP contribution >= 0.6 is 0 Å². The van der Waals surface area contributed by atoms with Crippen LogP contribution < -0.4 is 10.5 Å². The lowest BCUT2D eigenvalue weighted by atomic mass is 9.74. The monoisotopic (exact) mass is 502 g/mol. The number of ether oxygens (including phenoxy) is 1. The average molecular weight is 503 g/mol. The molecule has 1 fully saturated rings. The molecule has 2 N–H and O–H groups in total. The Morgan fingerprint density at radius 2 is 1.68 bits per heavy atom. The van der Waals surface area contributed by atoms with Crippen LogP contribution in [0.15, 0.2) is 72.8 Å². The third-order valence-electron chi connectivity index (χ3n) is 8.01. The molecule has 37 heavy (non-hydrogen) atoms. The molecule has 1 saturated carbocycles. The minimum absolute atomic E-state index is 0.0473. The SMILES string of the molecule is CC(C)c1cccc(C2(N(C)CC[C@@H](N)Cc3cc(F)cc(OCc4ccccc4)c3)CCCCC2)c1. The fourth-order valence-electron chi connectivity index (χ4n) is 5.76. The number of nitrogens with two attached hydrogens (primary N) is 1. The zero-order chi connectivity index (χ0) is 26.3. The van der Waals surface area contributed by atoms with Crippen LogP contribution in [0.1, 0.15) is 80.5 Å². The summed E-state index contributed by atoms with van der Waals surface area (Å²) in [7, 11) is 2.26. The number of halogens is 1. The van der Waals surface area contributed by atoms with Crippen molar-refractivity contribution < 1.29 is 9.13 Å². The van der Waals surface area contributed by atoms with Gasteiger partial charge < -0.3 is 10.5 Å². The molecule has 3 aromatic carbocycles. The Labute approximate surface area is 222 Å². The van der Waals surface area contributed by atoms with E-state index in [0.717, 1.165) is 24.1 Å². The van der Waals surface area contributed by atoms with Gasteiger partial charge in [-0.1, -0.05) is 87.7 Å². The van der Waals surface area contributed by atoms with Crippen molar-refractivity contribution >= 4 is 0 Å². The first kappa shape index (κ1) is 27.3. The van der Waals surface area contributed by atoms with E-state index in [1.807, 2.05) is 36.4 Å². The van der Waals surface area contributed by atoms with Gasteiger partial charge >= 0.3 is 0 Å². The average Bonchev–Trinajstić information content (AvgIpc) is 2.91. The molecule has 0 saturated heterocycles. The second kappa shape index (κ2) is 12.7. The number of hydrogen-bond donors (Lipinski definition) is 1. The molecule has 0 heterocycles. The van der Waals surface area contributed by atoms with E-state index in [1.165, 1.54) is 49.3 Å². The first-order valence-corrected chi connectivity index (χ1v) is 13.9. The smallest absolute Gasteiger partial charge is 0.127 e. The summed E-state index contributed by atoms with van der Waals surface area (Å²) in [5.41, 5.74) is 11.5. The Balaban J connectivity index is 1.39. The summed E-state index contributed by atoms with van der Waals surface area (Å²) in [6.45, 7) is 5.86. The second-order valence-electron chi connectivity index (χ2n) is 11.1. The Morgan fingerprint density at radius 3 is 2.41 bits per heavy atom. The van der Waals surface area contributed by atoms with Crippen LogP contribution in [-0.2, 0) is 18.6 Å². The van der Waals surface area contributed by atoms with E-state index in [4.69, 9.17) is 10.5 Å². The van der Waals surface area contributed by atoms with Crippen LogP contribution in [0.25, 0.3) is 0 Å². The molecule has 4 rings (SSSR count). The minimum Gasteiger partial charge on any atom is -0.489 e. The van der Waals surface area contributed by atoms with Gasteiger partial charge in [0.25, 0.3) is 0 Å². The quantitative estimate of drug-likeness (QED) is 0.294. The van der Waals surface area contributed by atoms with Crippen molar-refractivity contribution in [1.29, 1.82) is 0 Å². The minimum atomic E-state index is -0.281. The van der Waals surface area contributed by atoms with Crippen LogP contribution in [0.5, 0.6) is 5.75 Å². The van der Waals surface area contributed by atoms with Crippen molar-refractivity contribution in [2.45, 2.75) is 82.9 Å². The van der Waals surface area contributed by atoms with Gasteiger partial charge in [0, 0.05) is 24.2 Å². The second-order valence-corrected chi connectivity index (χ2v) is 11.1.